The molecule has 7 nitrogen and oxygen atoms in total. The van der Waals surface area contributed by atoms with Gasteiger partial charge in [-0.2, -0.15) is 0 Å². The molecule has 0 fully saturated rings. The maximum atomic E-state index is 12.9. The highest BCUT2D eigenvalue weighted by molar-refractivity contribution is 6.05. The molecule has 1 amide bonds. The van der Waals surface area contributed by atoms with Crippen molar-refractivity contribution < 1.29 is 19.0 Å². The van der Waals surface area contributed by atoms with Crippen molar-refractivity contribution in [3.8, 4) is 17.2 Å². The smallest absolute Gasteiger partial charge is 0.255 e. The van der Waals surface area contributed by atoms with E-state index in [2.05, 4.69) is 15.6 Å². The van der Waals surface area contributed by atoms with Crippen LogP contribution in [-0.2, 0) is 0 Å². The molecule has 0 spiro atoms. The average molecular weight is 391 g/mol. The summed E-state index contributed by atoms with van der Waals surface area (Å²) in [6.45, 7) is 1.99. The van der Waals surface area contributed by atoms with E-state index in [4.69, 9.17) is 14.2 Å². The van der Waals surface area contributed by atoms with Gasteiger partial charge in [0.05, 0.1) is 14.2 Å². The highest BCUT2D eigenvalue weighted by Crippen LogP contribution is 2.38. The molecule has 2 N–H and O–H groups in total. The van der Waals surface area contributed by atoms with Crippen molar-refractivity contribution in [1.29, 1.82) is 0 Å². The third kappa shape index (κ3) is 3.67. The van der Waals surface area contributed by atoms with E-state index in [1.165, 1.54) is 7.11 Å². The summed E-state index contributed by atoms with van der Waals surface area (Å²) in [6, 6.07) is 14.5. The number of benzene rings is 2. The highest BCUT2D eigenvalue weighted by atomic mass is 16.5. The second-order valence-electron chi connectivity index (χ2n) is 6.61. The summed E-state index contributed by atoms with van der Waals surface area (Å²) in [4.78, 5) is 17.2. The summed E-state index contributed by atoms with van der Waals surface area (Å²) >= 11 is 0. The van der Waals surface area contributed by atoms with Gasteiger partial charge in [-0.1, -0.05) is 11.6 Å². The zero-order valence-corrected chi connectivity index (χ0v) is 16.4. The Morgan fingerprint density at radius 1 is 1.10 bits per heavy atom. The summed E-state index contributed by atoms with van der Waals surface area (Å²) in [5, 5.41) is 6.21. The molecule has 2 heterocycles. The number of nitrogens with one attached hydrogen (secondary N) is 2. The van der Waals surface area contributed by atoms with E-state index >= 15 is 0 Å². The molecule has 148 valence electrons. The Bertz CT molecular complexity index is 1040. The lowest BCUT2D eigenvalue weighted by molar-refractivity contribution is 0.102. The van der Waals surface area contributed by atoms with Crippen LogP contribution in [0.4, 0.5) is 11.5 Å². The Hall–Kier alpha value is -3.74. The second-order valence-corrected chi connectivity index (χ2v) is 6.61. The third-order valence-corrected chi connectivity index (χ3v) is 4.67. The molecule has 1 unspecified atom stereocenters. The molecule has 3 aromatic rings. The Labute approximate surface area is 168 Å². The number of rotatable bonds is 5. The summed E-state index contributed by atoms with van der Waals surface area (Å²) in [5.74, 6) is 2.15. The fraction of sp³-hybridized carbons (Fsp3) is 0.182. The molecule has 0 radical (unpaired) electrons. The minimum absolute atomic E-state index is 0.260. The van der Waals surface area contributed by atoms with Gasteiger partial charge in [0, 0.05) is 23.0 Å². The molecule has 7 heteroatoms. The SMILES string of the molecule is COc1ccc(C(=O)Nc2ccc(C)cc2C2Nc3ncccc3O2)cc1OC. The van der Waals surface area contributed by atoms with Gasteiger partial charge in [0.1, 0.15) is 0 Å². The largest absolute Gasteiger partial charge is 0.493 e. The Balaban J connectivity index is 1.61. The van der Waals surface area contributed by atoms with Gasteiger partial charge in [0.2, 0.25) is 0 Å². The van der Waals surface area contributed by atoms with Gasteiger partial charge in [0.25, 0.3) is 5.91 Å². The number of pyridine rings is 1. The van der Waals surface area contributed by atoms with Crippen molar-refractivity contribution in [3.63, 3.8) is 0 Å². The molecule has 0 aliphatic carbocycles. The van der Waals surface area contributed by atoms with Gasteiger partial charge in [-0.05, 0) is 49.4 Å². The lowest BCUT2D eigenvalue weighted by atomic mass is 10.1. The van der Waals surface area contributed by atoms with E-state index in [0.29, 0.717) is 34.3 Å². The average Bonchev–Trinajstić information content (AvgIpc) is 3.18. The van der Waals surface area contributed by atoms with Crippen molar-refractivity contribution >= 4 is 17.4 Å². The van der Waals surface area contributed by atoms with E-state index in [1.807, 2.05) is 37.3 Å². The summed E-state index contributed by atoms with van der Waals surface area (Å²) in [5.41, 5.74) is 2.98. The fourth-order valence-corrected chi connectivity index (χ4v) is 3.20. The molecule has 0 saturated heterocycles. The van der Waals surface area contributed by atoms with Crippen LogP contribution in [0.1, 0.15) is 27.7 Å². The molecule has 2 aromatic carbocycles. The van der Waals surface area contributed by atoms with Gasteiger partial charge in [-0.15, -0.1) is 0 Å². The topological polar surface area (TPSA) is 81.7 Å². The van der Waals surface area contributed by atoms with Crippen molar-refractivity contribution in [2.75, 3.05) is 24.9 Å². The van der Waals surface area contributed by atoms with Gasteiger partial charge in [-0.25, -0.2) is 4.98 Å². The molecule has 0 saturated carbocycles. The zero-order valence-electron chi connectivity index (χ0n) is 16.4. The lowest BCUT2D eigenvalue weighted by Crippen LogP contribution is -2.18. The number of aryl methyl sites for hydroxylation is 1. The number of nitrogens with zero attached hydrogens (tertiary/aromatic N) is 1. The van der Waals surface area contributed by atoms with E-state index in [1.54, 1.807) is 31.5 Å². The van der Waals surface area contributed by atoms with Gasteiger partial charge in [0.15, 0.2) is 29.3 Å². The molecule has 29 heavy (non-hydrogen) atoms. The summed E-state index contributed by atoms with van der Waals surface area (Å²) in [7, 11) is 3.09. The number of aromatic nitrogens is 1. The number of fused-ring (bicyclic) bond motifs is 1. The van der Waals surface area contributed by atoms with Gasteiger partial charge < -0.3 is 24.8 Å². The molecule has 4 rings (SSSR count). The van der Waals surface area contributed by atoms with Crippen molar-refractivity contribution in [3.05, 3.63) is 71.4 Å². The number of carbonyl (C=O) groups excluding carboxylic acids is 1. The van der Waals surface area contributed by atoms with Crippen LogP contribution in [0.2, 0.25) is 0 Å². The predicted molar refractivity (Wildman–Crippen MR) is 110 cm³/mol. The first-order chi connectivity index (χ1) is 14.1. The number of hydrogen-bond donors (Lipinski definition) is 2. The van der Waals surface area contributed by atoms with Crippen LogP contribution < -0.4 is 24.8 Å². The molecular formula is C22H21N3O4. The standard InChI is InChI=1S/C22H21N3O4/c1-13-6-8-16(15(11-13)22-25-20-18(29-22)5-4-10-23-20)24-21(26)14-7-9-17(27-2)19(12-14)28-3/h4-12,22H,1-3H3,(H,23,25)(H,24,26). The minimum Gasteiger partial charge on any atom is -0.493 e. The molecule has 1 aliphatic rings. The number of carbonyl (C=O) groups is 1. The monoisotopic (exact) mass is 391 g/mol. The summed E-state index contributed by atoms with van der Waals surface area (Å²) in [6.07, 6.45) is 1.26. The van der Waals surface area contributed by atoms with Crippen LogP contribution in [0.5, 0.6) is 17.2 Å². The van der Waals surface area contributed by atoms with E-state index < -0.39 is 6.23 Å². The maximum Gasteiger partial charge on any atom is 0.255 e. The normalized spacial score (nSPS) is 14.4. The predicted octanol–water partition coefficient (Wildman–Crippen LogP) is 4.16. The second kappa shape index (κ2) is 7.71. The number of methoxy groups -OCH3 is 2. The number of hydrogen-bond acceptors (Lipinski definition) is 6. The first-order valence-corrected chi connectivity index (χ1v) is 9.11. The zero-order chi connectivity index (χ0) is 20.4. The fourth-order valence-electron chi connectivity index (χ4n) is 3.20. The molecular weight excluding hydrogens is 370 g/mol. The number of anilines is 2. The molecule has 1 atom stereocenters. The maximum absolute atomic E-state index is 12.9. The van der Waals surface area contributed by atoms with Gasteiger partial charge in [-0.3, -0.25) is 4.79 Å². The number of amides is 1. The quantitative estimate of drug-likeness (QED) is 0.680. The van der Waals surface area contributed by atoms with Crippen molar-refractivity contribution in [2.24, 2.45) is 0 Å². The third-order valence-electron chi connectivity index (χ3n) is 4.67. The first kappa shape index (κ1) is 18.6. The summed E-state index contributed by atoms with van der Waals surface area (Å²) < 4.78 is 16.5. The van der Waals surface area contributed by atoms with E-state index in [9.17, 15) is 4.79 Å². The molecule has 1 aliphatic heterocycles. The Morgan fingerprint density at radius 2 is 1.93 bits per heavy atom. The van der Waals surface area contributed by atoms with Crippen LogP contribution in [0.3, 0.4) is 0 Å². The lowest BCUT2D eigenvalue weighted by Gasteiger charge is -2.18. The number of ether oxygens (including phenoxy) is 3. The van der Waals surface area contributed by atoms with Crippen LogP contribution in [0.15, 0.2) is 54.7 Å². The van der Waals surface area contributed by atoms with Crippen molar-refractivity contribution in [2.45, 2.75) is 13.2 Å². The first-order valence-electron chi connectivity index (χ1n) is 9.11. The van der Waals surface area contributed by atoms with Crippen molar-refractivity contribution in [1.82, 2.24) is 4.98 Å². The van der Waals surface area contributed by atoms with E-state index in [0.717, 1.165) is 11.1 Å². The van der Waals surface area contributed by atoms with Crippen LogP contribution in [0, 0.1) is 6.92 Å². The molecule has 0 bridgehead atoms. The van der Waals surface area contributed by atoms with Crippen LogP contribution >= 0.6 is 0 Å². The van der Waals surface area contributed by atoms with E-state index in [-0.39, 0.29) is 5.91 Å². The highest BCUT2D eigenvalue weighted by Gasteiger charge is 2.27. The minimum atomic E-state index is -0.444. The Kier molecular flexibility index (Phi) is 4.95. The van der Waals surface area contributed by atoms with Crippen LogP contribution in [0.25, 0.3) is 0 Å². The van der Waals surface area contributed by atoms with Crippen LogP contribution in [-0.4, -0.2) is 25.1 Å². The van der Waals surface area contributed by atoms with Gasteiger partial charge >= 0.3 is 0 Å². The Morgan fingerprint density at radius 3 is 2.69 bits per heavy atom. The molecule has 1 aromatic heterocycles.